The van der Waals surface area contributed by atoms with Crippen LogP contribution < -0.4 is 4.74 Å². The van der Waals surface area contributed by atoms with Gasteiger partial charge < -0.3 is 4.74 Å². The summed E-state index contributed by atoms with van der Waals surface area (Å²) in [4.78, 5) is 4.44. The summed E-state index contributed by atoms with van der Waals surface area (Å²) in [6.07, 6.45) is 8.00. The standard InChI is InChI=1S/C22H30FNO/c1-3-5-6-7-9-20(23)17-25-21-14-15-22(24-16-21)19-12-10-18(8-4-2)11-13-19/h10-16,20H,3-9,17H2,1-2H3/t20-/m0/s1. The molecule has 0 unspecified atom stereocenters. The molecule has 0 N–H and O–H groups in total. The maximum absolute atomic E-state index is 13.8. The number of pyridine rings is 1. The van der Waals surface area contributed by atoms with E-state index < -0.39 is 6.17 Å². The van der Waals surface area contributed by atoms with Crippen LogP contribution in [0.5, 0.6) is 5.75 Å². The fraction of sp³-hybridized carbons (Fsp3) is 0.500. The maximum atomic E-state index is 13.8. The molecule has 1 atom stereocenters. The summed E-state index contributed by atoms with van der Waals surface area (Å²) >= 11 is 0. The van der Waals surface area contributed by atoms with Crippen LogP contribution in [0.4, 0.5) is 4.39 Å². The zero-order chi connectivity index (χ0) is 17.9. The lowest BCUT2D eigenvalue weighted by Gasteiger charge is -2.10. The molecular formula is C22H30FNO. The van der Waals surface area contributed by atoms with Crippen LogP contribution in [0.2, 0.25) is 0 Å². The van der Waals surface area contributed by atoms with Gasteiger partial charge in [0, 0.05) is 5.56 Å². The molecule has 0 amide bonds. The number of hydrogen-bond donors (Lipinski definition) is 0. The van der Waals surface area contributed by atoms with Gasteiger partial charge in [-0.15, -0.1) is 0 Å². The lowest BCUT2D eigenvalue weighted by molar-refractivity contribution is 0.183. The van der Waals surface area contributed by atoms with Gasteiger partial charge in [0.05, 0.1) is 11.9 Å². The minimum absolute atomic E-state index is 0.110. The van der Waals surface area contributed by atoms with E-state index in [1.54, 1.807) is 6.20 Å². The molecule has 0 aliphatic rings. The van der Waals surface area contributed by atoms with Crippen molar-refractivity contribution in [1.82, 2.24) is 4.98 Å². The number of unbranched alkanes of at least 4 members (excludes halogenated alkanes) is 3. The lowest BCUT2D eigenvalue weighted by Crippen LogP contribution is -2.12. The molecule has 2 rings (SSSR count). The average molecular weight is 343 g/mol. The molecule has 1 aromatic carbocycles. The highest BCUT2D eigenvalue weighted by Crippen LogP contribution is 2.21. The van der Waals surface area contributed by atoms with Gasteiger partial charge in [-0.3, -0.25) is 4.98 Å². The van der Waals surface area contributed by atoms with Crippen molar-refractivity contribution in [3.05, 3.63) is 48.2 Å². The number of rotatable bonds is 11. The molecule has 0 aliphatic carbocycles. The van der Waals surface area contributed by atoms with Crippen LogP contribution in [0, 0.1) is 0 Å². The van der Waals surface area contributed by atoms with E-state index in [0.717, 1.165) is 36.9 Å². The molecule has 136 valence electrons. The summed E-state index contributed by atoms with van der Waals surface area (Å²) in [6, 6.07) is 12.3. The second kappa shape index (κ2) is 10.9. The molecule has 1 aromatic heterocycles. The predicted octanol–water partition coefficient (Wildman–Crippen LogP) is 6.39. The summed E-state index contributed by atoms with van der Waals surface area (Å²) in [5.41, 5.74) is 3.34. The predicted molar refractivity (Wildman–Crippen MR) is 103 cm³/mol. The van der Waals surface area contributed by atoms with Gasteiger partial charge in [-0.1, -0.05) is 70.2 Å². The van der Waals surface area contributed by atoms with Crippen molar-refractivity contribution in [3.63, 3.8) is 0 Å². The molecule has 3 heteroatoms. The molecule has 25 heavy (non-hydrogen) atoms. The topological polar surface area (TPSA) is 22.1 Å². The Morgan fingerprint density at radius 3 is 2.40 bits per heavy atom. The highest BCUT2D eigenvalue weighted by Gasteiger charge is 2.08. The van der Waals surface area contributed by atoms with E-state index in [0.29, 0.717) is 12.2 Å². The lowest BCUT2D eigenvalue weighted by atomic mass is 10.1. The zero-order valence-electron chi connectivity index (χ0n) is 15.5. The maximum Gasteiger partial charge on any atom is 0.137 e. The molecule has 2 aromatic rings. The van der Waals surface area contributed by atoms with E-state index in [1.165, 1.54) is 18.4 Å². The van der Waals surface area contributed by atoms with Crippen LogP contribution in [0.1, 0.15) is 57.9 Å². The molecule has 0 radical (unpaired) electrons. The Balaban J connectivity index is 1.81. The number of ether oxygens (including phenoxy) is 1. The van der Waals surface area contributed by atoms with Crippen LogP contribution in [0.3, 0.4) is 0 Å². The van der Waals surface area contributed by atoms with Crippen LogP contribution in [-0.4, -0.2) is 17.8 Å². The largest absolute Gasteiger partial charge is 0.489 e. The van der Waals surface area contributed by atoms with Gasteiger partial charge in [0.1, 0.15) is 18.5 Å². The normalized spacial score (nSPS) is 12.1. The number of aryl methyl sites for hydroxylation is 1. The van der Waals surface area contributed by atoms with Gasteiger partial charge in [-0.25, -0.2) is 4.39 Å². The minimum atomic E-state index is -0.900. The first kappa shape index (κ1) is 19.4. The zero-order valence-corrected chi connectivity index (χ0v) is 15.5. The number of nitrogens with zero attached hydrogens (tertiary/aromatic N) is 1. The monoisotopic (exact) mass is 343 g/mol. The smallest absolute Gasteiger partial charge is 0.137 e. The van der Waals surface area contributed by atoms with Gasteiger partial charge in [0.15, 0.2) is 0 Å². The second-order valence-corrected chi connectivity index (χ2v) is 6.58. The highest BCUT2D eigenvalue weighted by molar-refractivity contribution is 5.59. The SMILES string of the molecule is CCCCCC[C@H](F)COc1ccc(-c2ccc(CCC)cc2)nc1. The van der Waals surface area contributed by atoms with Crippen LogP contribution in [0.15, 0.2) is 42.6 Å². The summed E-state index contributed by atoms with van der Waals surface area (Å²) in [6.45, 7) is 4.45. The number of aromatic nitrogens is 1. The van der Waals surface area contributed by atoms with Crippen molar-refractivity contribution in [2.75, 3.05) is 6.61 Å². The van der Waals surface area contributed by atoms with E-state index in [1.807, 2.05) is 12.1 Å². The molecule has 2 nitrogen and oxygen atoms in total. The third kappa shape index (κ3) is 6.85. The number of alkyl halides is 1. The Morgan fingerprint density at radius 1 is 0.960 bits per heavy atom. The number of halogens is 1. The minimum Gasteiger partial charge on any atom is -0.489 e. The fourth-order valence-corrected chi connectivity index (χ4v) is 2.83. The van der Waals surface area contributed by atoms with Crippen molar-refractivity contribution < 1.29 is 9.13 Å². The summed E-state index contributed by atoms with van der Waals surface area (Å²) in [5, 5.41) is 0. The van der Waals surface area contributed by atoms with E-state index in [4.69, 9.17) is 4.74 Å². The van der Waals surface area contributed by atoms with Gasteiger partial charge >= 0.3 is 0 Å². The molecule has 1 heterocycles. The van der Waals surface area contributed by atoms with Crippen molar-refractivity contribution >= 4 is 0 Å². The van der Waals surface area contributed by atoms with Gasteiger partial charge in [0.2, 0.25) is 0 Å². The molecule has 0 spiro atoms. The highest BCUT2D eigenvalue weighted by atomic mass is 19.1. The van der Waals surface area contributed by atoms with Crippen LogP contribution in [-0.2, 0) is 6.42 Å². The Labute approximate surface area is 151 Å². The quantitative estimate of drug-likeness (QED) is 0.441. The molecule has 0 saturated heterocycles. The van der Waals surface area contributed by atoms with Gasteiger partial charge in [-0.05, 0) is 30.5 Å². The molecular weight excluding hydrogens is 313 g/mol. The van der Waals surface area contributed by atoms with Crippen molar-refractivity contribution in [2.45, 2.75) is 65.0 Å². The fourth-order valence-electron chi connectivity index (χ4n) is 2.83. The Hall–Kier alpha value is -1.90. The molecule has 0 bridgehead atoms. The van der Waals surface area contributed by atoms with Crippen LogP contribution in [0.25, 0.3) is 11.3 Å². The summed E-state index contributed by atoms with van der Waals surface area (Å²) in [7, 11) is 0. The number of hydrogen-bond acceptors (Lipinski definition) is 2. The van der Waals surface area contributed by atoms with E-state index in [9.17, 15) is 4.39 Å². The molecule has 0 aliphatic heterocycles. The summed E-state index contributed by atoms with van der Waals surface area (Å²) in [5.74, 6) is 0.627. The Bertz CT molecular complexity index is 594. The summed E-state index contributed by atoms with van der Waals surface area (Å²) < 4.78 is 19.3. The first-order chi connectivity index (χ1) is 12.2. The van der Waals surface area contributed by atoms with Crippen molar-refractivity contribution in [1.29, 1.82) is 0 Å². The molecule has 0 saturated carbocycles. The van der Waals surface area contributed by atoms with Crippen molar-refractivity contribution in [3.8, 4) is 17.0 Å². The first-order valence-corrected chi connectivity index (χ1v) is 9.55. The van der Waals surface area contributed by atoms with Crippen molar-refractivity contribution in [2.24, 2.45) is 0 Å². The van der Waals surface area contributed by atoms with E-state index in [2.05, 4.69) is 43.1 Å². The Kier molecular flexibility index (Phi) is 8.44. The van der Waals surface area contributed by atoms with Crippen LogP contribution >= 0.6 is 0 Å². The van der Waals surface area contributed by atoms with E-state index in [-0.39, 0.29) is 6.61 Å². The average Bonchev–Trinajstić information content (AvgIpc) is 2.65. The third-order valence-corrected chi connectivity index (χ3v) is 4.33. The third-order valence-electron chi connectivity index (χ3n) is 4.33. The number of benzene rings is 1. The van der Waals surface area contributed by atoms with Gasteiger partial charge in [0.25, 0.3) is 0 Å². The second-order valence-electron chi connectivity index (χ2n) is 6.58. The van der Waals surface area contributed by atoms with E-state index >= 15 is 0 Å². The van der Waals surface area contributed by atoms with Gasteiger partial charge in [-0.2, -0.15) is 0 Å². The molecule has 0 fully saturated rings. The Morgan fingerprint density at radius 2 is 1.76 bits per heavy atom. The first-order valence-electron chi connectivity index (χ1n) is 9.55.